The minimum atomic E-state index is -4.49. The van der Waals surface area contributed by atoms with E-state index >= 15 is 0 Å². The number of carbonyl (C=O) groups is 2. The maximum atomic E-state index is 12.7. The van der Waals surface area contributed by atoms with Gasteiger partial charge in [0.25, 0.3) is 5.91 Å². The second-order valence-electron chi connectivity index (χ2n) is 5.47. The van der Waals surface area contributed by atoms with Gasteiger partial charge < -0.3 is 16.0 Å². The molecule has 142 valence electrons. The van der Waals surface area contributed by atoms with E-state index in [1.54, 1.807) is 19.1 Å². The van der Waals surface area contributed by atoms with Crippen LogP contribution in [-0.4, -0.2) is 16.9 Å². The van der Waals surface area contributed by atoms with Gasteiger partial charge in [-0.3, -0.25) is 9.59 Å². The molecule has 0 unspecified atom stereocenters. The molecule has 27 heavy (non-hydrogen) atoms. The summed E-state index contributed by atoms with van der Waals surface area (Å²) in [5, 5.41) is 7.82. The van der Waals surface area contributed by atoms with Gasteiger partial charge in [0.15, 0.2) is 5.11 Å². The summed E-state index contributed by atoms with van der Waals surface area (Å²) in [7, 11) is 0. The van der Waals surface area contributed by atoms with Crippen LogP contribution in [0.15, 0.2) is 48.5 Å². The molecule has 0 heterocycles. The zero-order valence-electron chi connectivity index (χ0n) is 14.2. The number of rotatable bonds is 4. The third-order valence-corrected chi connectivity index (χ3v) is 3.63. The summed E-state index contributed by atoms with van der Waals surface area (Å²) in [5.41, 5.74) is -0.00327. The molecule has 0 aliphatic rings. The monoisotopic (exact) mass is 395 g/mol. The van der Waals surface area contributed by atoms with E-state index in [0.29, 0.717) is 5.69 Å². The number of thiocarbonyl (C=S) groups is 1. The Labute approximate surface area is 159 Å². The summed E-state index contributed by atoms with van der Waals surface area (Å²) in [6.07, 6.45) is -4.20. The number of amides is 2. The van der Waals surface area contributed by atoms with Crippen molar-refractivity contribution in [3.63, 3.8) is 0 Å². The summed E-state index contributed by atoms with van der Waals surface area (Å²) in [4.78, 5) is 23.5. The highest BCUT2D eigenvalue weighted by Crippen LogP contribution is 2.30. The van der Waals surface area contributed by atoms with Crippen molar-refractivity contribution in [1.29, 1.82) is 0 Å². The Bertz CT molecular complexity index is 852. The lowest BCUT2D eigenvalue weighted by Gasteiger charge is -2.11. The van der Waals surface area contributed by atoms with Gasteiger partial charge in [-0.15, -0.1) is 0 Å². The highest BCUT2D eigenvalue weighted by molar-refractivity contribution is 7.80. The van der Waals surface area contributed by atoms with E-state index in [4.69, 9.17) is 12.2 Å². The van der Waals surface area contributed by atoms with Crippen molar-refractivity contribution in [3.05, 3.63) is 59.7 Å². The molecule has 0 fully saturated rings. The first-order valence-electron chi connectivity index (χ1n) is 7.88. The molecular formula is C18H16F3N3O2S. The van der Waals surface area contributed by atoms with Crippen molar-refractivity contribution in [2.45, 2.75) is 19.5 Å². The number of benzene rings is 2. The van der Waals surface area contributed by atoms with E-state index in [1.165, 1.54) is 24.3 Å². The van der Waals surface area contributed by atoms with Crippen LogP contribution in [0, 0.1) is 0 Å². The standard InChI is InChI=1S/C18H16F3N3O2S/c1-2-15(25)24-17(27)23-13-8-6-11(7-9-13)16(26)22-14-5-3-4-12(10-14)18(19,20)21/h3-10H,2H2,1H3,(H,22,26)(H2,23,24,25,27). The molecule has 2 rings (SSSR count). The fourth-order valence-corrected chi connectivity index (χ4v) is 2.29. The van der Waals surface area contributed by atoms with Crippen molar-refractivity contribution in [2.75, 3.05) is 10.6 Å². The molecule has 2 amide bonds. The smallest absolute Gasteiger partial charge is 0.332 e. The molecule has 0 aliphatic heterocycles. The third kappa shape index (κ3) is 6.07. The van der Waals surface area contributed by atoms with Gasteiger partial charge in [-0.2, -0.15) is 13.2 Å². The maximum Gasteiger partial charge on any atom is 0.416 e. The predicted octanol–water partition coefficient (Wildman–Crippen LogP) is 4.18. The van der Waals surface area contributed by atoms with Gasteiger partial charge in [0.1, 0.15) is 0 Å². The second-order valence-corrected chi connectivity index (χ2v) is 5.87. The minimum Gasteiger partial charge on any atom is -0.332 e. The van der Waals surface area contributed by atoms with E-state index in [2.05, 4.69) is 16.0 Å². The molecule has 0 saturated carbocycles. The summed E-state index contributed by atoms with van der Waals surface area (Å²) in [6, 6.07) is 10.5. The molecule has 0 aromatic heterocycles. The maximum absolute atomic E-state index is 12.7. The number of carbonyl (C=O) groups excluding carboxylic acids is 2. The number of hydrogen-bond donors (Lipinski definition) is 3. The largest absolute Gasteiger partial charge is 0.416 e. The summed E-state index contributed by atoms with van der Waals surface area (Å²) >= 11 is 4.98. The SMILES string of the molecule is CCC(=O)NC(=S)Nc1ccc(C(=O)Nc2cccc(C(F)(F)F)c2)cc1. The number of nitrogens with one attached hydrogen (secondary N) is 3. The molecular weight excluding hydrogens is 379 g/mol. The van der Waals surface area contributed by atoms with Crippen LogP contribution in [0.25, 0.3) is 0 Å². The van der Waals surface area contributed by atoms with Crippen LogP contribution in [0.3, 0.4) is 0 Å². The first-order chi connectivity index (χ1) is 12.7. The average Bonchev–Trinajstić information content (AvgIpc) is 2.61. The summed E-state index contributed by atoms with van der Waals surface area (Å²) in [5.74, 6) is -0.785. The lowest BCUT2D eigenvalue weighted by molar-refractivity contribution is -0.137. The van der Waals surface area contributed by atoms with Gasteiger partial charge in [0, 0.05) is 23.4 Å². The van der Waals surface area contributed by atoms with Gasteiger partial charge in [-0.25, -0.2) is 0 Å². The van der Waals surface area contributed by atoms with Crippen molar-refractivity contribution in [1.82, 2.24) is 5.32 Å². The van der Waals surface area contributed by atoms with Crippen molar-refractivity contribution in [3.8, 4) is 0 Å². The van der Waals surface area contributed by atoms with Crippen LogP contribution >= 0.6 is 12.2 Å². The Balaban J connectivity index is 2.02. The average molecular weight is 395 g/mol. The van der Waals surface area contributed by atoms with Gasteiger partial charge in [0.05, 0.1) is 5.56 Å². The molecule has 0 atom stereocenters. The molecule has 5 nitrogen and oxygen atoms in total. The van der Waals surface area contributed by atoms with E-state index in [9.17, 15) is 22.8 Å². The number of hydrogen-bond acceptors (Lipinski definition) is 3. The first-order valence-corrected chi connectivity index (χ1v) is 8.29. The van der Waals surface area contributed by atoms with Crippen LogP contribution in [-0.2, 0) is 11.0 Å². The molecule has 2 aromatic carbocycles. The molecule has 0 saturated heterocycles. The van der Waals surface area contributed by atoms with Gasteiger partial charge >= 0.3 is 6.18 Å². The molecule has 9 heteroatoms. The predicted molar refractivity (Wildman–Crippen MR) is 100 cm³/mol. The second kappa shape index (κ2) is 8.63. The zero-order valence-corrected chi connectivity index (χ0v) is 15.0. The normalized spacial score (nSPS) is 10.8. The van der Waals surface area contributed by atoms with E-state index < -0.39 is 17.6 Å². The number of anilines is 2. The lowest BCUT2D eigenvalue weighted by atomic mass is 10.1. The molecule has 0 spiro atoms. The quantitative estimate of drug-likeness (QED) is 0.680. The fraction of sp³-hybridized carbons (Fsp3) is 0.167. The molecule has 2 aromatic rings. The minimum absolute atomic E-state index is 0.0421. The molecule has 0 radical (unpaired) electrons. The van der Waals surface area contributed by atoms with Gasteiger partial charge in [0.2, 0.25) is 5.91 Å². The summed E-state index contributed by atoms with van der Waals surface area (Å²) < 4.78 is 38.2. The first kappa shape index (κ1) is 20.4. The highest BCUT2D eigenvalue weighted by atomic mass is 32.1. The van der Waals surface area contributed by atoms with Crippen LogP contribution in [0.1, 0.15) is 29.3 Å². The molecule has 0 bridgehead atoms. The van der Waals surface area contributed by atoms with E-state index in [1.807, 2.05) is 0 Å². The Morgan fingerprint density at radius 1 is 1.00 bits per heavy atom. The van der Waals surface area contributed by atoms with Gasteiger partial charge in [-0.1, -0.05) is 13.0 Å². The van der Waals surface area contributed by atoms with E-state index in [0.717, 1.165) is 12.1 Å². The molecule has 3 N–H and O–H groups in total. The van der Waals surface area contributed by atoms with Crippen molar-refractivity contribution >= 4 is 40.5 Å². The van der Waals surface area contributed by atoms with Crippen LogP contribution in [0.2, 0.25) is 0 Å². The number of alkyl halides is 3. The van der Waals surface area contributed by atoms with Crippen molar-refractivity contribution in [2.24, 2.45) is 0 Å². The summed E-state index contributed by atoms with van der Waals surface area (Å²) in [6.45, 7) is 1.69. The highest BCUT2D eigenvalue weighted by Gasteiger charge is 2.30. The van der Waals surface area contributed by atoms with Crippen LogP contribution in [0.4, 0.5) is 24.5 Å². The van der Waals surface area contributed by atoms with Crippen molar-refractivity contribution < 1.29 is 22.8 Å². The van der Waals surface area contributed by atoms with Crippen LogP contribution in [0.5, 0.6) is 0 Å². The molecule has 0 aliphatic carbocycles. The Kier molecular flexibility index (Phi) is 6.51. The Morgan fingerprint density at radius 3 is 2.26 bits per heavy atom. The number of halogens is 3. The third-order valence-electron chi connectivity index (χ3n) is 3.43. The Hall–Kier alpha value is -2.94. The lowest BCUT2D eigenvalue weighted by Crippen LogP contribution is -2.33. The topological polar surface area (TPSA) is 70.2 Å². The van der Waals surface area contributed by atoms with Gasteiger partial charge in [-0.05, 0) is 54.7 Å². The fourth-order valence-electron chi connectivity index (χ4n) is 2.06. The Morgan fingerprint density at radius 2 is 1.67 bits per heavy atom. The van der Waals surface area contributed by atoms with Crippen LogP contribution < -0.4 is 16.0 Å². The zero-order chi connectivity index (χ0) is 20.0. The van der Waals surface area contributed by atoms with E-state index in [-0.39, 0.29) is 28.7 Å².